The molecule has 1 fully saturated rings. The van der Waals surface area contributed by atoms with Crippen LogP contribution in [-0.2, 0) is 0 Å². The van der Waals surface area contributed by atoms with E-state index < -0.39 is 6.10 Å². The second-order valence-electron chi connectivity index (χ2n) is 8.77. The number of fused-ring (bicyclic) bond motifs is 2. The molecule has 4 unspecified atom stereocenters. The minimum Gasteiger partial charge on any atom is -0.508 e. The van der Waals surface area contributed by atoms with Crippen LogP contribution in [0, 0.1) is 11.3 Å². The molecular formula is C24H28O2. The van der Waals surface area contributed by atoms with Crippen LogP contribution in [0.5, 0.6) is 5.75 Å². The van der Waals surface area contributed by atoms with Crippen LogP contribution in [-0.4, -0.2) is 10.2 Å². The first-order valence-electron chi connectivity index (χ1n) is 9.69. The third kappa shape index (κ3) is 3.31. The third-order valence-corrected chi connectivity index (χ3v) is 6.14. The van der Waals surface area contributed by atoms with Gasteiger partial charge >= 0.3 is 0 Å². The molecule has 2 bridgehead atoms. The Morgan fingerprint density at radius 3 is 2.50 bits per heavy atom. The van der Waals surface area contributed by atoms with Gasteiger partial charge in [0.05, 0.1) is 0 Å². The highest BCUT2D eigenvalue weighted by Gasteiger charge is 2.38. The maximum Gasteiger partial charge on any atom is 0.119 e. The topological polar surface area (TPSA) is 40.5 Å². The van der Waals surface area contributed by atoms with E-state index in [0.717, 1.165) is 29.0 Å². The number of rotatable bonds is 3. The summed E-state index contributed by atoms with van der Waals surface area (Å²) in [6.45, 7) is 4.75. The molecule has 2 nitrogen and oxygen atoms in total. The maximum atomic E-state index is 10.7. The van der Waals surface area contributed by atoms with Crippen molar-refractivity contribution >= 4 is 0 Å². The van der Waals surface area contributed by atoms with Crippen molar-refractivity contribution in [2.24, 2.45) is 11.3 Å². The second kappa shape index (κ2) is 6.59. The highest BCUT2D eigenvalue weighted by Crippen LogP contribution is 2.53. The van der Waals surface area contributed by atoms with E-state index in [2.05, 4.69) is 19.9 Å². The Hall–Kier alpha value is -2.06. The molecule has 0 spiro atoms. The quantitative estimate of drug-likeness (QED) is 0.697. The predicted molar refractivity (Wildman–Crippen MR) is 105 cm³/mol. The zero-order valence-electron chi connectivity index (χ0n) is 15.7. The molecule has 26 heavy (non-hydrogen) atoms. The van der Waals surface area contributed by atoms with Crippen LogP contribution in [0.25, 0.3) is 0 Å². The number of aliphatic hydroxyl groups is 1. The van der Waals surface area contributed by atoms with E-state index in [4.69, 9.17) is 0 Å². The molecule has 2 heteroatoms. The lowest BCUT2D eigenvalue weighted by Crippen LogP contribution is -2.31. The predicted octanol–water partition coefficient (Wildman–Crippen LogP) is 5.71. The third-order valence-electron chi connectivity index (χ3n) is 6.14. The molecule has 2 aliphatic rings. The first-order valence-corrected chi connectivity index (χ1v) is 9.69. The molecule has 2 aromatic rings. The second-order valence-corrected chi connectivity index (χ2v) is 8.77. The molecule has 0 aromatic heterocycles. The molecule has 0 heterocycles. The van der Waals surface area contributed by atoms with Crippen LogP contribution in [0.1, 0.15) is 68.2 Å². The van der Waals surface area contributed by atoms with Gasteiger partial charge in [0.1, 0.15) is 11.9 Å². The number of allylic oxidation sites excluding steroid dienone is 2. The van der Waals surface area contributed by atoms with E-state index in [1.54, 1.807) is 11.6 Å². The Bertz CT molecular complexity index is 823. The summed E-state index contributed by atoms with van der Waals surface area (Å²) in [5, 5.41) is 21.3. The van der Waals surface area contributed by atoms with Crippen molar-refractivity contribution in [2.75, 3.05) is 0 Å². The average molecular weight is 348 g/mol. The Kier molecular flexibility index (Phi) is 4.40. The van der Waals surface area contributed by atoms with E-state index >= 15 is 0 Å². The standard InChI is InChI=1S/C24H28O2/c1-16-10-17-11-20(15-24(2,13-16)14-17)21-9-8-19(12-22(21)25)23(26)18-6-4-3-5-7-18/h3-9,11-12,16,20,23,25-26H,10,13-15H2,1-2H3. The van der Waals surface area contributed by atoms with Crippen molar-refractivity contribution in [2.45, 2.75) is 51.6 Å². The molecular weight excluding hydrogens is 320 g/mol. The summed E-state index contributed by atoms with van der Waals surface area (Å²) in [5.41, 5.74) is 4.47. The molecule has 0 aliphatic heterocycles. The zero-order chi connectivity index (χ0) is 18.3. The SMILES string of the molecule is CC1CC2=CC(c3ccc(C(O)c4ccccc4)cc3O)CC(C)(C2)C1. The van der Waals surface area contributed by atoms with Crippen LogP contribution >= 0.6 is 0 Å². The molecule has 4 atom stereocenters. The highest BCUT2D eigenvalue weighted by atomic mass is 16.3. The number of phenols is 1. The van der Waals surface area contributed by atoms with Crippen LogP contribution in [0.15, 0.2) is 60.2 Å². The van der Waals surface area contributed by atoms with E-state index in [9.17, 15) is 10.2 Å². The fourth-order valence-electron chi connectivity index (χ4n) is 5.28. The summed E-state index contributed by atoms with van der Waals surface area (Å²) >= 11 is 0. The van der Waals surface area contributed by atoms with Gasteiger partial charge in [0.15, 0.2) is 0 Å². The molecule has 136 valence electrons. The maximum absolute atomic E-state index is 10.7. The fraction of sp³-hybridized carbons (Fsp3) is 0.417. The van der Waals surface area contributed by atoms with Crippen molar-refractivity contribution in [1.82, 2.24) is 0 Å². The number of aromatic hydroxyl groups is 1. The van der Waals surface area contributed by atoms with E-state index in [1.807, 2.05) is 42.5 Å². The minimum absolute atomic E-state index is 0.277. The van der Waals surface area contributed by atoms with Gasteiger partial charge in [0.2, 0.25) is 0 Å². The smallest absolute Gasteiger partial charge is 0.119 e. The van der Waals surface area contributed by atoms with Gasteiger partial charge in [0, 0.05) is 11.5 Å². The first-order chi connectivity index (χ1) is 12.4. The van der Waals surface area contributed by atoms with Gasteiger partial charge in [-0.15, -0.1) is 0 Å². The molecule has 4 rings (SSSR count). The summed E-state index contributed by atoms with van der Waals surface area (Å²) in [4.78, 5) is 0. The van der Waals surface area contributed by atoms with E-state index in [0.29, 0.717) is 11.2 Å². The lowest BCUT2D eigenvalue weighted by molar-refractivity contribution is 0.171. The highest BCUT2D eigenvalue weighted by molar-refractivity contribution is 5.44. The lowest BCUT2D eigenvalue weighted by atomic mass is 9.61. The van der Waals surface area contributed by atoms with E-state index in [-0.39, 0.29) is 5.92 Å². The largest absolute Gasteiger partial charge is 0.508 e. The van der Waals surface area contributed by atoms with Crippen LogP contribution in [0.3, 0.4) is 0 Å². The Balaban J connectivity index is 1.62. The number of phenolic OH excluding ortho intramolecular Hbond substituents is 1. The zero-order valence-corrected chi connectivity index (χ0v) is 15.7. The number of benzene rings is 2. The van der Waals surface area contributed by atoms with Crippen LogP contribution in [0.4, 0.5) is 0 Å². The Labute approximate surface area is 156 Å². The van der Waals surface area contributed by atoms with Gasteiger partial charge in [0.25, 0.3) is 0 Å². The normalized spacial score (nSPS) is 29.1. The number of hydrogen-bond acceptors (Lipinski definition) is 2. The molecule has 2 N–H and O–H groups in total. The average Bonchev–Trinajstić information content (AvgIpc) is 2.59. The van der Waals surface area contributed by atoms with Crippen molar-refractivity contribution in [1.29, 1.82) is 0 Å². The summed E-state index contributed by atoms with van der Waals surface area (Å²) in [5.74, 6) is 1.34. The van der Waals surface area contributed by atoms with Gasteiger partial charge in [-0.05, 0) is 54.2 Å². The molecule has 2 aliphatic carbocycles. The summed E-state index contributed by atoms with van der Waals surface area (Å²) in [6, 6.07) is 15.3. The number of hydrogen-bond donors (Lipinski definition) is 2. The van der Waals surface area contributed by atoms with E-state index in [1.165, 1.54) is 19.3 Å². The number of aliphatic hydroxyl groups excluding tert-OH is 1. The Morgan fingerprint density at radius 1 is 1.04 bits per heavy atom. The summed E-state index contributed by atoms with van der Waals surface area (Å²) < 4.78 is 0. The Morgan fingerprint density at radius 2 is 1.81 bits per heavy atom. The van der Waals surface area contributed by atoms with Gasteiger partial charge in [-0.1, -0.05) is 68.0 Å². The van der Waals surface area contributed by atoms with Crippen LogP contribution in [0.2, 0.25) is 0 Å². The van der Waals surface area contributed by atoms with Crippen molar-refractivity contribution in [3.8, 4) is 5.75 Å². The first kappa shape index (κ1) is 17.4. The van der Waals surface area contributed by atoms with Gasteiger partial charge in [-0.3, -0.25) is 0 Å². The summed E-state index contributed by atoms with van der Waals surface area (Å²) in [7, 11) is 0. The molecule has 0 radical (unpaired) electrons. The van der Waals surface area contributed by atoms with Crippen molar-refractivity contribution in [3.63, 3.8) is 0 Å². The minimum atomic E-state index is -0.710. The molecule has 2 aromatic carbocycles. The van der Waals surface area contributed by atoms with Gasteiger partial charge < -0.3 is 10.2 Å². The van der Waals surface area contributed by atoms with Crippen molar-refractivity contribution < 1.29 is 10.2 Å². The lowest BCUT2D eigenvalue weighted by Gasteiger charge is -2.44. The molecule has 1 saturated carbocycles. The van der Waals surface area contributed by atoms with Gasteiger partial charge in [-0.2, -0.15) is 0 Å². The fourth-order valence-corrected chi connectivity index (χ4v) is 5.28. The van der Waals surface area contributed by atoms with Crippen LogP contribution < -0.4 is 0 Å². The molecule has 0 amide bonds. The van der Waals surface area contributed by atoms with Crippen molar-refractivity contribution in [3.05, 3.63) is 76.9 Å². The monoisotopic (exact) mass is 348 g/mol. The van der Waals surface area contributed by atoms with Gasteiger partial charge in [-0.25, -0.2) is 0 Å². The molecule has 0 saturated heterocycles. The summed E-state index contributed by atoms with van der Waals surface area (Å²) in [6.07, 6.45) is 6.44.